The number of benzene rings is 1. The van der Waals surface area contributed by atoms with Gasteiger partial charge < -0.3 is 5.73 Å². The third-order valence-electron chi connectivity index (χ3n) is 2.28. The Balaban J connectivity index is 2.50. The first-order chi connectivity index (χ1) is 8.13. The molecule has 0 aliphatic carbocycles. The SMILES string of the molecule is N#Cc1ccc(-n2ncc(N)c2C(F)F)cc1. The fraction of sp³-hybridized carbons (Fsp3) is 0.0909. The number of nitrogens with two attached hydrogens (primary N) is 1. The van der Waals surface area contributed by atoms with Gasteiger partial charge in [-0.05, 0) is 24.3 Å². The highest BCUT2D eigenvalue weighted by Crippen LogP contribution is 2.27. The monoisotopic (exact) mass is 234 g/mol. The Morgan fingerprint density at radius 2 is 1.94 bits per heavy atom. The van der Waals surface area contributed by atoms with Crippen LogP contribution >= 0.6 is 0 Å². The van der Waals surface area contributed by atoms with Crippen molar-refractivity contribution in [1.29, 1.82) is 5.26 Å². The van der Waals surface area contributed by atoms with Gasteiger partial charge in [-0.3, -0.25) is 0 Å². The molecule has 0 atom stereocenters. The molecule has 0 saturated carbocycles. The summed E-state index contributed by atoms with van der Waals surface area (Å²) in [6.45, 7) is 0. The molecular formula is C11H8F2N4. The topological polar surface area (TPSA) is 67.6 Å². The molecule has 0 aliphatic rings. The van der Waals surface area contributed by atoms with Crippen LogP contribution in [-0.4, -0.2) is 9.78 Å². The summed E-state index contributed by atoms with van der Waals surface area (Å²) < 4.78 is 26.6. The van der Waals surface area contributed by atoms with Gasteiger partial charge in [0, 0.05) is 0 Å². The quantitative estimate of drug-likeness (QED) is 0.866. The van der Waals surface area contributed by atoms with E-state index < -0.39 is 6.43 Å². The summed E-state index contributed by atoms with van der Waals surface area (Å²) in [7, 11) is 0. The second-order valence-corrected chi connectivity index (χ2v) is 3.36. The van der Waals surface area contributed by atoms with E-state index in [1.54, 1.807) is 0 Å². The normalized spacial score (nSPS) is 10.5. The molecule has 2 N–H and O–H groups in total. The van der Waals surface area contributed by atoms with Gasteiger partial charge in [0.05, 0.1) is 29.2 Å². The lowest BCUT2D eigenvalue weighted by atomic mass is 10.2. The standard InChI is InChI=1S/C11H8F2N4/c12-11(13)10-9(15)6-16-17(10)8-3-1-7(5-14)2-4-8/h1-4,6,11H,15H2. The predicted octanol–water partition coefficient (Wildman–Crippen LogP) is 2.26. The van der Waals surface area contributed by atoms with Gasteiger partial charge in [0.2, 0.25) is 0 Å². The molecule has 4 nitrogen and oxygen atoms in total. The second-order valence-electron chi connectivity index (χ2n) is 3.36. The van der Waals surface area contributed by atoms with Crippen LogP contribution < -0.4 is 5.73 Å². The zero-order valence-corrected chi connectivity index (χ0v) is 8.64. The van der Waals surface area contributed by atoms with Crippen LogP contribution in [0.15, 0.2) is 30.5 Å². The predicted molar refractivity (Wildman–Crippen MR) is 57.6 cm³/mol. The van der Waals surface area contributed by atoms with E-state index in [0.29, 0.717) is 11.3 Å². The fourth-order valence-electron chi connectivity index (χ4n) is 1.47. The van der Waals surface area contributed by atoms with Gasteiger partial charge in [0.1, 0.15) is 5.69 Å². The molecular weight excluding hydrogens is 226 g/mol. The molecule has 2 aromatic rings. The third-order valence-corrected chi connectivity index (χ3v) is 2.28. The lowest BCUT2D eigenvalue weighted by Gasteiger charge is -2.07. The van der Waals surface area contributed by atoms with Gasteiger partial charge in [-0.25, -0.2) is 13.5 Å². The minimum Gasteiger partial charge on any atom is -0.396 e. The number of aromatic nitrogens is 2. The summed E-state index contributed by atoms with van der Waals surface area (Å²) in [5.41, 5.74) is 5.92. The van der Waals surface area contributed by atoms with E-state index in [1.165, 1.54) is 30.5 Å². The van der Waals surface area contributed by atoms with Gasteiger partial charge in [-0.1, -0.05) is 0 Å². The van der Waals surface area contributed by atoms with Crippen LogP contribution in [0.3, 0.4) is 0 Å². The van der Waals surface area contributed by atoms with Crippen molar-refractivity contribution in [1.82, 2.24) is 9.78 Å². The minimum atomic E-state index is -2.70. The van der Waals surface area contributed by atoms with Gasteiger partial charge in [-0.2, -0.15) is 10.4 Å². The maximum absolute atomic E-state index is 12.8. The van der Waals surface area contributed by atoms with E-state index >= 15 is 0 Å². The maximum atomic E-state index is 12.8. The molecule has 6 heteroatoms. The molecule has 0 fully saturated rings. The second kappa shape index (κ2) is 4.22. The number of halogens is 2. The number of nitriles is 1. The summed E-state index contributed by atoms with van der Waals surface area (Å²) in [6, 6.07) is 8.08. The molecule has 86 valence electrons. The lowest BCUT2D eigenvalue weighted by Crippen LogP contribution is -2.04. The van der Waals surface area contributed by atoms with Gasteiger partial charge in [0.25, 0.3) is 6.43 Å². The molecule has 2 rings (SSSR count). The Bertz CT molecular complexity index is 566. The molecule has 17 heavy (non-hydrogen) atoms. The van der Waals surface area contributed by atoms with Gasteiger partial charge in [0.15, 0.2) is 0 Å². The van der Waals surface area contributed by atoms with E-state index in [4.69, 9.17) is 11.0 Å². The van der Waals surface area contributed by atoms with Crippen LogP contribution in [0.25, 0.3) is 5.69 Å². The van der Waals surface area contributed by atoms with E-state index in [0.717, 1.165) is 4.68 Å². The van der Waals surface area contributed by atoms with Crippen LogP contribution in [0, 0.1) is 11.3 Å². The van der Waals surface area contributed by atoms with Crippen molar-refractivity contribution in [3.8, 4) is 11.8 Å². The maximum Gasteiger partial charge on any atom is 0.282 e. The Morgan fingerprint density at radius 1 is 1.29 bits per heavy atom. The smallest absolute Gasteiger partial charge is 0.282 e. The number of anilines is 1. The fourth-order valence-corrected chi connectivity index (χ4v) is 1.47. The van der Waals surface area contributed by atoms with Gasteiger partial charge in [-0.15, -0.1) is 0 Å². The highest BCUT2D eigenvalue weighted by atomic mass is 19.3. The van der Waals surface area contributed by atoms with Crippen molar-refractivity contribution in [2.75, 3.05) is 5.73 Å². The van der Waals surface area contributed by atoms with Crippen LogP contribution in [0.5, 0.6) is 0 Å². The van der Waals surface area contributed by atoms with Crippen LogP contribution in [0.4, 0.5) is 14.5 Å². The molecule has 0 saturated heterocycles. The molecule has 0 aliphatic heterocycles. The Hall–Kier alpha value is -2.42. The number of hydrogen-bond donors (Lipinski definition) is 1. The van der Waals surface area contributed by atoms with Crippen molar-refractivity contribution >= 4 is 5.69 Å². The van der Waals surface area contributed by atoms with Crippen molar-refractivity contribution in [3.05, 3.63) is 41.7 Å². The highest BCUT2D eigenvalue weighted by molar-refractivity contribution is 5.48. The number of rotatable bonds is 2. The van der Waals surface area contributed by atoms with Crippen LogP contribution in [0.1, 0.15) is 17.7 Å². The Labute approximate surface area is 95.9 Å². The molecule has 0 radical (unpaired) electrons. The van der Waals surface area contributed by atoms with E-state index in [2.05, 4.69) is 5.10 Å². The van der Waals surface area contributed by atoms with Crippen molar-refractivity contribution in [2.24, 2.45) is 0 Å². The van der Waals surface area contributed by atoms with Crippen molar-refractivity contribution in [3.63, 3.8) is 0 Å². The minimum absolute atomic E-state index is 0.0515. The largest absolute Gasteiger partial charge is 0.396 e. The van der Waals surface area contributed by atoms with Crippen molar-refractivity contribution in [2.45, 2.75) is 6.43 Å². The van der Waals surface area contributed by atoms with Crippen molar-refractivity contribution < 1.29 is 8.78 Å². The number of hydrogen-bond acceptors (Lipinski definition) is 3. The lowest BCUT2D eigenvalue weighted by molar-refractivity contribution is 0.143. The zero-order chi connectivity index (χ0) is 12.4. The average molecular weight is 234 g/mol. The summed E-state index contributed by atoms with van der Waals surface area (Å²) >= 11 is 0. The van der Waals surface area contributed by atoms with E-state index in [1.807, 2.05) is 6.07 Å². The number of alkyl halides is 2. The Morgan fingerprint density at radius 3 is 2.47 bits per heavy atom. The first-order valence-corrected chi connectivity index (χ1v) is 4.75. The van der Waals surface area contributed by atoms with Gasteiger partial charge >= 0.3 is 0 Å². The number of nitrogen functional groups attached to an aromatic ring is 1. The summed E-state index contributed by atoms with van der Waals surface area (Å²) in [5.74, 6) is 0. The third kappa shape index (κ3) is 1.95. The molecule has 0 spiro atoms. The zero-order valence-electron chi connectivity index (χ0n) is 8.64. The number of nitrogens with zero attached hydrogens (tertiary/aromatic N) is 3. The molecule has 1 aromatic heterocycles. The Kier molecular flexibility index (Phi) is 2.75. The van der Waals surface area contributed by atoms with Crippen LogP contribution in [-0.2, 0) is 0 Å². The first-order valence-electron chi connectivity index (χ1n) is 4.75. The first kappa shape index (κ1) is 11.1. The molecule has 0 amide bonds. The summed E-state index contributed by atoms with van der Waals surface area (Å²) in [6.07, 6.45) is -1.52. The molecule has 0 bridgehead atoms. The summed E-state index contributed by atoms with van der Waals surface area (Å²) in [5, 5.41) is 12.4. The summed E-state index contributed by atoms with van der Waals surface area (Å²) in [4.78, 5) is 0. The molecule has 1 heterocycles. The highest BCUT2D eigenvalue weighted by Gasteiger charge is 2.19. The van der Waals surface area contributed by atoms with E-state index in [9.17, 15) is 8.78 Å². The van der Waals surface area contributed by atoms with E-state index in [-0.39, 0.29) is 11.4 Å². The molecule has 0 unspecified atom stereocenters. The average Bonchev–Trinajstić information content (AvgIpc) is 2.71. The molecule has 1 aromatic carbocycles. The van der Waals surface area contributed by atoms with Crippen LogP contribution in [0.2, 0.25) is 0 Å².